The number of carbonyl (C=O) groups excluding carboxylic acids is 1. The van der Waals surface area contributed by atoms with Crippen LogP contribution in [0.1, 0.15) is 36.8 Å². The fraction of sp³-hybridized carbons (Fsp3) is 0.304. The van der Waals surface area contributed by atoms with Gasteiger partial charge in [-0.05, 0) is 50.1 Å². The molecule has 1 amide bonds. The van der Waals surface area contributed by atoms with Crippen molar-refractivity contribution >= 4 is 28.1 Å². The van der Waals surface area contributed by atoms with Crippen molar-refractivity contribution in [1.29, 1.82) is 0 Å². The van der Waals surface area contributed by atoms with E-state index in [4.69, 9.17) is 5.73 Å². The summed E-state index contributed by atoms with van der Waals surface area (Å²) in [5.41, 5.74) is 8.41. The fourth-order valence-electron chi connectivity index (χ4n) is 3.00. The van der Waals surface area contributed by atoms with Gasteiger partial charge in [0, 0.05) is 17.6 Å². The Morgan fingerprint density at radius 1 is 1.17 bits per heavy atom. The number of nitrogens with two attached hydrogens (primary N) is 1. The van der Waals surface area contributed by atoms with E-state index in [0.717, 1.165) is 29.8 Å². The minimum absolute atomic E-state index is 0.128. The molecule has 0 saturated carbocycles. The molecular formula is C23H28N4O2S. The van der Waals surface area contributed by atoms with Crippen molar-refractivity contribution < 1.29 is 9.90 Å². The Hall–Kier alpha value is -2.74. The molecule has 30 heavy (non-hydrogen) atoms. The summed E-state index contributed by atoms with van der Waals surface area (Å²) < 4.78 is 0. The maximum absolute atomic E-state index is 12.7. The van der Waals surface area contributed by atoms with E-state index in [0.29, 0.717) is 17.4 Å². The van der Waals surface area contributed by atoms with E-state index in [-0.39, 0.29) is 5.91 Å². The number of anilines is 2. The predicted octanol–water partition coefficient (Wildman–Crippen LogP) is 3.51. The molecule has 7 heteroatoms. The third-order valence-corrected chi connectivity index (χ3v) is 5.73. The van der Waals surface area contributed by atoms with Crippen LogP contribution in [0, 0.1) is 0 Å². The highest BCUT2D eigenvalue weighted by molar-refractivity contribution is 7.13. The van der Waals surface area contributed by atoms with E-state index in [1.807, 2.05) is 73.8 Å². The minimum Gasteiger partial charge on any atom is -0.387 e. The Morgan fingerprint density at radius 3 is 2.50 bits per heavy atom. The molecule has 1 aromatic heterocycles. The highest BCUT2D eigenvalue weighted by Gasteiger charge is 2.32. The van der Waals surface area contributed by atoms with Gasteiger partial charge in [0.1, 0.15) is 0 Å². The van der Waals surface area contributed by atoms with Gasteiger partial charge in [-0.1, -0.05) is 42.5 Å². The number of hydrogen-bond acceptors (Lipinski definition) is 6. The number of rotatable bonds is 9. The molecule has 0 spiro atoms. The largest absolute Gasteiger partial charge is 0.387 e. The Morgan fingerprint density at radius 2 is 1.87 bits per heavy atom. The maximum Gasteiger partial charge on any atom is 0.236 e. The number of aliphatic hydroxyl groups is 1. The smallest absolute Gasteiger partial charge is 0.236 e. The molecule has 3 aromatic rings. The summed E-state index contributed by atoms with van der Waals surface area (Å²) in [6, 6.07) is 17.4. The number of aromatic nitrogens is 1. The molecule has 0 fully saturated rings. The summed E-state index contributed by atoms with van der Waals surface area (Å²) in [6.45, 7) is 4.93. The Balaban J connectivity index is 1.46. The molecular weight excluding hydrogens is 396 g/mol. The van der Waals surface area contributed by atoms with Gasteiger partial charge in [0.25, 0.3) is 0 Å². The molecule has 0 aliphatic carbocycles. The van der Waals surface area contributed by atoms with Crippen molar-refractivity contribution in [3.63, 3.8) is 0 Å². The van der Waals surface area contributed by atoms with Crippen LogP contribution in [0.15, 0.2) is 60.0 Å². The first kappa shape index (κ1) is 22.0. The van der Waals surface area contributed by atoms with Crippen LogP contribution < -0.4 is 16.4 Å². The SMILES string of the molecule is CC(C)(C(=O)Nc1ccc(CCNCC(O)c2ccccc2)cc1)c1csc(N)n1. The van der Waals surface area contributed by atoms with Gasteiger partial charge in [-0.2, -0.15) is 0 Å². The molecule has 0 bridgehead atoms. The first-order valence-electron chi connectivity index (χ1n) is 9.92. The van der Waals surface area contributed by atoms with Gasteiger partial charge in [0.2, 0.25) is 5.91 Å². The first-order valence-corrected chi connectivity index (χ1v) is 10.8. The minimum atomic E-state index is -0.768. The highest BCUT2D eigenvalue weighted by Crippen LogP contribution is 2.27. The van der Waals surface area contributed by atoms with E-state index in [1.54, 1.807) is 0 Å². The lowest BCUT2D eigenvalue weighted by Crippen LogP contribution is -2.35. The number of nitrogens with one attached hydrogen (secondary N) is 2. The molecule has 0 aliphatic heterocycles. The molecule has 0 aliphatic rings. The van der Waals surface area contributed by atoms with Crippen LogP contribution in [-0.4, -0.2) is 29.1 Å². The van der Waals surface area contributed by atoms with E-state index >= 15 is 0 Å². The van der Waals surface area contributed by atoms with Crippen LogP contribution in [0.2, 0.25) is 0 Å². The summed E-state index contributed by atoms with van der Waals surface area (Å²) in [4.78, 5) is 16.9. The van der Waals surface area contributed by atoms with Crippen molar-refractivity contribution in [1.82, 2.24) is 10.3 Å². The van der Waals surface area contributed by atoms with Crippen molar-refractivity contribution in [3.05, 3.63) is 76.8 Å². The topological polar surface area (TPSA) is 100 Å². The normalized spacial score (nSPS) is 12.5. The lowest BCUT2D eigenvalue weighted by molar-refractivity contribution is -0.120. The van der Waals surface area contributed by atoms with Gasteiger partial charge < -0.3 is 21.5 Å². The first-order chi connectivity index (χ1) is 14.4. The Labute approximate surface area is 181 Å². The van der Waals surface area contributed by atoms with Crippen LogP contribution >= 0.6 is 11.3 Å². The number of thiazole rings is 1. The molecule has 2 aromatic carbocycles. The van der Waals surface area contributed by atoms with Crippen LogP contribution in [0.3, 0.4) is 0 Å². The average molecular weight is 425 g/mol. The third-order valence-electron chi connectivity index (χ3n) is 5.05. The zero-order valence-electron chi connectivity index (χ0n) is 17.3. The highest BCUT2D eigenvalue weighted by atomic mass is 32.1. The van der Waals surface area contributed by atoms with E-state index in [1.165, 1.54) is 11.3 Å². The second kappa shape index (κ2) is 9.84. The molecule has 158 valence electrons. The molecule has 3 rings (SSSR count). The third kappa shape index (κ3) is 5.66. The number of carbonyl (C=O) groups is 1. The molecule has 0 radical (unpaired) electrons. The quantitative estimate of drug-likeness (QED) is 0.394. The summed E-state index contributed by atoms with van der Waals surface area (Å²) in [7, 11) is 0. The molecule has 1 atom stereocenters. The van der Waals surface area contributed by atoms with Crippen molar-refractivity contribution in [2.75, 3.05) is 24.1 Å². The maximum atomic E-state index is 12.7. The van der Waals surface area contributed by atoms with E-state index in [9.17, 15) is 9.90 Å². The molecule has 6 nitrogen and oxygen atoms in total. The van der Waals surface area contributed by atoms with Crippen LogP contribution in [0.4, 0.5) is 10.8 Å². The average Bonchev–Trinajstić information content (AvgIpc) is 3.20. The van der Waals surface area contributed by atoms with Gasteiger partial charge >= 0.3 is 0 Å². The summed E-state index contributed by atoms with van der Waals surface area (Å²) in [6.07, 6.45) is 0.319. The standard InChI is InChI=1S/C23H28N4O2S/c1-23(2,20-15-30-22(24)27-20)21(29)26-18-10-8-16(9-11-18)12-13-25-14-19(28)17-6-4-3-5-7-17/h3-11,15,19,25,28H,12-14H2,1-2H3,(H2,24,27)(H,26,29). The molecule has 1 heterocycles. The summed E-state index contributed by atoms with van der Waals surface area (Å²) in [5.74, 6) is -0.128. The second-order valence-corrected chi connectivity index (χ2v) is 8.62. The predicted molar refractivity (Wildman–Crippen MR) is 123 cm³/mol. The van der Waals surface area contributed by atoms with Crippen LogP contribution in [-0.2, 0) is 16.6 Å². The zero-order chi connectivity index (χ0) is 21.6. The number of aliphatic hydroxyl groups excluding tert-OH is 1. The zero-order valence-corrected chi connectivity index (χ0v) is 18.1. The summed E-state index contributed by atoms with van der Waals surface area (Å²) >= 11 is 1.33. The van der Waals surface area contributed by atoms with E-state index < -0.39 is 11.5 Å². The van der Waals surface area contributed by atoms with E-state index in [2.05, 4.69) is 15.6 Å². The van der Waals surface area contributed by atoms with Crippen molar-refractivity contribution in [2.24, 2.45) is 0 Å². The number of nitrogen functional groups attached to an aromatic ring is 1. The van der Waals surface area contributed by atoms with Gasteiger partial charge in [0.05, 0.1) is 17.2 Å². The van der Waals surface area contributed by atoms with Gasteiger partial charge in [0.15, 0.2) is 5.13 Å². The Bertz CT molecular complexity index is 955. The lowest BCUT2D eigenvalue weighted by Gasteiger charge is -2.21. The monoisotopic (exact) mass is 424 g/mol. The van der Waals surface area contributed by atoms with Gasteiger partial charge in [-0.3, -0.25) is 4.79 Å². The van der Waals surface area contributed by atoms with Crippen LogP contribution in [0.5, 0.6) is 0 Å². The number of nitrogens with zero attached hydrogens (tertiary/aromatic N) is 1. The molecule has 0 saturated heterocycles. The molecule has 5 N–H and O–H groups in total. The lowest BCUT2D eigenvalue weighted by atomic mass is 9.89. The number of benzene rings is 2. The van der Waals surface area contributed by atoms with Crippen LogP contribution in [0.25, 0.3) is 0 Å². The van der Waals surface area contributed by atoms with Crippen molar-refractivity contribution in [3.8, 4) is 0 Å². The Kier molecular flexibility index (Phi) is 7.20. The van der Waals surface area contributed by atoms with Gasteiger partial charge in [-0.25, -0.2) is 4.98 Å². The number of hydrogen-bond donors (Lipinski definition) is 4. The van der Waals surface area contributed by atoms with Crippen molar-refractivity contribution in [2.45, 2.75) is 31.8 Å². The molecule has 1 unspecified atom stereocenters. The number of amides is 1. The summed E-state index contributed by atoms with van der Waals surface area (Å²) in [5, 5.41) is 18.7. The fourth-order valence-corrected chi connectivity index (χ4v) is 3.73. The van der Waals surface area contributed by atoms with Gasteiger partial charge in [-0.15, -0.1) is 11.3 Å². The second-order valence-electron chi connectivity index (χ2n) is 7.73.